The molecule has 4 heteroatoms. The number of hydrogen-bond donors (Lipinski definition) is 1. The van der Waals surface area contributed by atoms with Gasteiger partial charge in [-0.2, -0.15) is 0 Å². The average molecular weight is 267 g/mol. The van der Waals surface area contributed by atoms with Gasteiger partial charge in [0.15, 0.2) is 0 Å². The molecule has 4 nitrogen and oxygen atoms in total. The molecule has 0 fully saturated rings. The number of ether oxygens (including phenoxy) is 3. The summed E-state index contributed by atoms with van der Waals surface area (Å²) in [5.41, 5.74) is 7.79. The molecule has 1 aromatic rings. The maximum Gasteiger partial charge on any atom is 0.123 e. The van der Waals surface area contributed by atoms with E-state index >= 15 is 0 Å². The van der Waals surface area contributed by atoms with Crippen molar-refractivity contribution in [3.63, 3.8) is 0 Å². The summed E-state index contributed by atoms with van der Waals surface area (Å²) in [5.74, 6) is 0.828. The maximum absolute atomic E-state index is 5.68. The zero-order valence-corrected chi connectivity index (χ0v) is 12.0. The fourth-order valence-corrected chi connectivity index (χ4v) is 1.74. The number of unbranched alkanes of at least 4 members (excludes halogenated alkanes) is 1. The first-order valence-corrected chi connectivity index (χ1v) is 6.83. The number of rotatable bonds is 10. The highest BCUT2D eigenvalue weighted by molar-refractivity contribution is 5.36. The van der Waals surface area contributed by atoms with Gasteiger partial charge in [0.2, 0.25) is 0 Å². The lowest BCUT2D eigenvalue weighted by Gasteiger charge is -2.10. The van der Waals surface area contributed by atoms with Crippen LogP contribution in [0.3, 0.4) is 0 Å². The van der Waals surface area contributed by atoms with Crippen molar-refractivity contribution in [2.75, 3.05) is 26.9 Å². The Morgan fingerprint density at radius 3 is 2.58 bits per heavy atom. The normalized spacial score (nSPS) is 10.7. The van der Waals surface area contributed by atoms with Gasteiger partial charge < -0.3 is 19.9 Å². The topological polar surface area (TPSA) is 53.7 Å². The molecule has 1 aromatic carbocycles. The molecule has 19 heavy (non-hydrogen) atoms. The molecule has 0 aliphatic carbocycles. The second kappa shape index (κ2) is 9.78. The Bertz CT molecular complexity index is 355. The van der Waals surface area contributed by atoms with Crippen LogP contribution in [0.4, 0.5) is 0 Å². The van der Waals surface area contributed by atoms with Crippen molar-refractivity contribution in [2.45, 2.75) is 32.9 Å². The first-order chi connectivity index (χ1) is 9.31. The average Bonchev–Trinajstić information content (AvgIpc) is 2.46. The Hall–Kier alpha value is -1.10. The SMILES string of the molecule is CCCCOCCOCc1ccc(OC)c(CN)c1. The number of benzene rings is 1. The van der Waals surface area contributed by atoms with Crippen LogP contribution in [0.5, 0.6) is 5.75 Å². The summed E-state index contributed by atoms with van der Waals surface area (Å²) in [4.78, 5) is 0. The van der Waals surface area contributed by atoms with Gasteiger partial charge in [0.25, 0.3) is 0 Å². The van der Waals surface area contributed by atoms with Crippen LogP contribution in [0.25, 0.3) is 0 Å². The molecule has 0 amide bonds. The Balaban J connectivity index is 2.26. The number of nitrogens with two attached hydrogens (primary N) is 1. The molecule has 0 aliphatic rings. The van der Waals surface area contributed by atoms with Crippen molar-refractivity contribution in [1.82, 2.24) is 0 Å². The smallest absolute Gasteiger partial charge is 0.123 e. The summed E-state index contributed by atoms with van der Waals surface area (Å²) in [7, 11) is 1.65. The summed E-state index contributed by atoms with van der Waals surface area (Å²) in [6, 6.07) is 5.95. The van der Waals surface area contributed by atoms with Gasteiger partial charge in [0.1, 0.15) is 5.75 Å². The first-order valence-electron chi connectivity index (χ1n) is 6.83. The van der Waals surface area contributed by atoms with E-state index in [0.29, 0.717) is 26.4 Å². The van der Waals surface area contributed by atoms with E-state index in [4.69, 9.17) is 19.9 Å². The van der Waals surface area contributed by atoms with Gasteiger partial charge in [0.05, 0.1) is 26.9 Å². The summed E-state index contributed by atoms with van der Waals surface area (Å²) >= 11 is 0. The molecule has 0 saturated heterocycles. The zero-order valence-electron chi connectivity index (χ0n) is 12.0. The molecule has 0 saturated carbocycles. The van der Waals surface area contributed by atoms with Crippen LogP contribution in [0.15, 0.2) is 18.2 Å². The van der Waals surface area contributed by atoms with E-state index in [-0.39, 0.29) is 0 Å². The van der Waals surface area contributed by atoms with Crippen LogP contribution < -0.4 is 10.5 Å². The lowest BCUT2D eigenvalue weighted by atomic mass is 10.1. The molecule has 0 aliphatic heterocycles. The predicted molar refractivity (Wildman–Crippen MR) is 76.3 cm³/mol. The largest absolute Gasteiger partial charge is 0.496 e. The van der Waals surface area contributed by atoms with Crippen LogP contribution in [0, 0.1) is 0 Å². The van der Waals surface area contributed by atoms with Gasteiger partial charge in [-0.1, -0.05) is 19.4 Å². The van der Waals surface area contributed by atoms with E-state index in [9.17, 15) is 0 Å². The second-order valence-electron chi connectivity index (χ2n) is 4.37. The van der Waals surface area contributed by atoms with E-state index in [1.54, 1.807) is 7.11 Å². The van der Waals surface area contributed by atoms with Gasteiger partial charge in [-0.05, 0) is 24.1 Å². The van der Waals surface area contributed by atoms with Crippen molar-refractivity contribution >= 4 is 0 Å². The second-order valence-corrected chi connectivity index (χ2v) is 4.37. The predicted octanol–water partition coefficient (Wildman–Crippen LogP) is 2.49. The van der Waals surface area contributed by atoms with E-state index < -0.39 is 0 Å². The summed E-state index contributed by atoms with van der Waals surface area (Å²) in [6.07, 6.45) is 2.27. The molecule has 1 rings (SSSR count). The lowest BCUT2D eigenvalue weighted by molar-refractivity contribution is 0.0396. The molecular weight excluding hydrogens is 242 g/mol. The van der Waals surface area contributed by atoms with Gasteiger partial charge >= 0.3 is 0 Å². The van der Waals surface area contributed by atoms with E-state index in [0.717, 1.165) is 36.3 Å². The van der Waals surface area contributed by atoms with Crippen molar-refractivity contribution in [3.05, 3.63) is 29.3 Å². The molecular formula is C15H25NO3. The molecule has 0 unspecified atom stereocenters. The molecule has 0 atom stereocenters. The molecule has 2 N–H and O–H groups in total. The molecule has 0 heterocycles. The molecule has 0 spiro atoms. The minimum absolute atomic E-state index is 0.469. The highest BCUT2D eigenvalue weighted by Crippen LogP contribution is 2.19. The molecule has 0 radical (unpaired) electrons. The Morgan fingerprint density at radius 2 is 1.89 bits per heavy atom. The van der Waals surface area contributed by atoms with Crippen molar-refractivity contribution in [2.24, 2.45) is 5.73 Å². The number of hydrogen-bond acceptors (Lipinski definition) is 4. The highest BCUT2D eigenvalue weighted by Gasteiger charge is 2.02. The quantitative estimate of drug-likeness (QED) is 0.662. The fourth-order valence-electron chi connectivity index (χ4n) is 1.74. The van der Waals surface area contributed by atoms with Crippen molar-refractivity contribution in [1.29, 1.82) is 0 Å². The van der Waals surface area contributed by atoms with Gasteiger partial charge in [-0.25, -0.2) is 0 Å². The molecule has 0 aromatic heterocycles. The summed E-state index contributed by atoms with van der Waals surface area (Å²) < 4.78 is 16.2. The third-order valence-corrected chi connectivity index (χ3v) is 2.85. The summed E-state index contributed by atoms with van der Waals surface area (Å²) in [5, 5.41) is 0. The highest BCUT2D eigenvalue weighted by atomic mass is 16.5. The first kappa shape index (κ1) is 16.0. The minimum Gasteiger partial charge on any atom is -0.496 e. The molecule has 0 bridgehead atoms. The minimum atomic E-state index is 0.469. The number of methoxy groups -OCH3 is 1. The lowest BCUT2D eigenvalue weighted by Crippen LogP contribution is -2.06. The Labute approximate surface area is 115 Å². The van der Waals surface area contributed by atoms with Crippen LogP contribution >= 0.6 is 0 Å². The van der Waals surface area contributed by atoms with E-state index in [1.165, 1.54) is 0 Å². The fraction of sp³-hybridized carbons (Fsp3) is 0.600. The van der Waals surface area contributed by atoms with Gasteiger partial charge in [0, 0.05) is 18.7 Å². The van der Waals surface area contributed by atoms with Gasteiger partial charge in [-0.3, -0.25) is 0 Å². The van der Waals surface area contributed by atoms with Crippen LogP contribution in [-0.2, 0) is 22.6 Å². The van der Waals surface area contributed by atoms with Crippen molar-refractivity contribution < 1.29 is 14.2 Å². The Morgan fingerprint density at radius 1 is 1.11 bits per heavy atom. The van der Waals surface area contributed by atoms with E-state index in [1.807, 2.05) is 18.2 Å². The third kappa shape index (κ3) is 6.05. The Kier molecular flexibility index (Phi) is 8.21. The maximum atomic E-state index is 5.68. The monoisotopic (exact) mass is 267 g/mol. The van der Waals surface area contributed by atoms with E-state index in [2.05, 4.69) is 6.92 Å². The third-order valence-electron chi connectivity index (χ3n) is 2.85. The standard InChI is InChI=1S/C15H25NO3/c1-3-4-7-18-8-9-19-12-13-5-6-15(17-2)14(10-13)11-16/h5-6,10H,3-4,7-9,11-12,16H2,1-2H3. The summed E-state index contributed by atoms with van der Waals surface area (Å²) in [6.45, 7) is 5.29. The zero-order chi connectivity index (χ0) is 13.9. The van der Waals surface area contributed by atoms with Crippen LogP contribution in [0.1, 0.15) is 30.9 Å². The van der Waals surface area contributed by atoms with Crippen LogP contribution in [-0.4, -0.2) is 26.9 Å². The molecule has 108 valence electrons. The van der Waals surface area contributed by atoms with Gasteiger partial charge in [-0.15, -0.1) is 0 Å². The van der Waals surface area contributed by atoms with Crippen LogP contribution in [0.2, 0.25) is 0 Å². The van der Waals surface area contributed by atoms with Crippen molar-refractivity contribution in [3.8, 4) is 5.75 Å².